The number of hydrogen-bond donors (Lipinski definition) is 2. The topological polar surface area (TPSA) is 41.8 Å². The Morgan fingerprint density at radius 3 is 2.87 bits per heavy atom. The normalized spacial score (nSPS) is 11.2. The van der Waals surface area contributed by atoms with Gasteiger partial charge in [0, 0.05) is 16.6 Å². The van der Waals surface area contributed by atoms with Crippen molar-refractivity contribution < 1.29 is 4.39 Å². The molecule has 1 aromatic carbocycles. The highest BCUT2D eigenvalue weighted by Crippen LogP contribution is 2.27. The zero-order chi connectivity index (χ0) is 11.0. The summed E-state index contributed by atoms with van der Waals surface area (Å²) in [6.45, 7) is 2.58. The van der Waals surface area contributed by atoms with Gasteiger partial charge in [0.2, 0.25) is 0 Å². The first-order chi connectivity index (χ1) is 7.13. The van der Waals surface area contributed by atoms with E-state index in [0.29, 0.717) is 11.0 Å². The van der Waals surface area contributed by atoms with Crippen molar-refractivity contribution in [2.45, 2.75) is 13.3 Å². The summed E-state index contributed by atoms with van der Waals surface area (Å²) in [4.78, 5) is 3.16. The number of nitrogens with one attached hydrogen (secondary N) is 1. The lowest BCUT2D eigenvalue weighted by Crippen LogP contribution is -2.03. The van der Waals surface area contributed by atoms with Gasteiger partial charge in [-0.25, -0.2) is 4.39 Å². The lowest BCUT2D eigenvalue weighted by molar-refractivity contribution is 0.623. The van der Waals surface area contributed by atoms with Crippen LogP contribution in [-0.4, -0.2) is 11.5 Å². The average molecular weight is 271 g/mol. The Hall–Kier alpha value is -0.870. The highest BCUT2D eigenvalue weighted by molar-refractivity contribution is 9.10. The smallest absolute Gasteiger partial charge is 0.139 e. The van der Waals surface area contributed by atoms with Crippen molar-refractivity contribution in [2.24, 2.45) is 5.73 Å². The molecule has 80 valence electrons. The standard InChI is InChI=1S/C11H12BrFN2/c1-6-7(2-3-14)8-4-9(12)10(13)5-11(8)15-6/h4-5,15H,2-3,14H2,1H3. The maximum atomic E-state index is 13.3. The average Bonchev–Trinajstić information content (AvgIpc) is 2.46. The quantitative estimate of drug-likeness (QED) is 0.866. The second-order valence-corrected chi connectivity index (χ2v) is 4.43. The monoisotopic (exact) mass is 270 g/mol. The van der Waals surface area contributed by atoms with Crippen LogP contribution in [0.1, 0.15) is 11.3 Å². The van der Waals surface area contributed by atoms with Crippen LogP contribution in [0.2, 0.25) is 0 Å². The first kappa shape index (κ1) is 10.6. The van der Waals surface area contributed by atoms with Crippen LogP contribution in [0.15, 0.2) is 16.6 Å². The number of halogens is 2. The van der Waals surface area contributed by atoms with Crippen molar-refractivity contribution in [3.8, 4) is 0 Å². The van der Waals surface area contributed by atoms with Gasteiger partial charge in [-0.2, -0.15) is 0 Å². The van der Waals surface area contributed by atoms with Crippen LogP contribution in [0, 0.1) is 12.7 Å². The van der Waals surface area contributed by atoms with E-state index < -0.39 is 0 Å². The van der Waals surface area contributed by atoms with Gasteiger partial charge in [0.05, 0.1) is 4.47 Å². The maximum Gasteiger partial charge on any atom is 0.139 e. The van der Waals surface area contributed by atoms with Gasteiger partial charge in [0.1, 0.15) is 5.82 Å². The number of aryl methyl sites for hydroxylation is 1. The first-order valence-electron chi connectivity index (χ1n) is 4.79. The summed E-state index contributed by atoms with van der Waals surface area (Å²) in [6, 6.07) is 3.31. The summed E-state index contributed by atoms with van der Waals surface area (Å²) in [5.74, 6) is -0.247. The number of rotatable bonds is 2. The molecule has 4 heteroatoms. The molecule has 0 aliphatic rings. The molecule has 0 bridgehead atoms. The zero-order valence-electron chi connectivity index (χ0n) is 8.40. The summed E-state index contributed by atoms with van der Waals surface area (Å²) in [7, 11) is 0. The van der Waals surface area contributed by atoms with Gasteiger partial charge in [0.15, 0.2) is 0 Å². The summed E-state index contributed by atoms with van der Waals surface area (Å²) < 4.78 is 13.8. The highest BCUT2D eigenvalue weighted by Gasteiger charge is 2.10. The second kappa shape index (κ2) is 3.94. The van der Waals surface area contributed by atoms with Crippen LogP contribution in [0.25, 0.3) is 10.9 Å². The van der Waals surface area contributed by atoms with Gasteiger partial charge in [-0.15, -0.1) is 0 Å². The molecule has 0 amide bonds. The number of nitrogens with two attached hydrogens (primary N) is 1. The van der Waals surface area contributed by atoms with E-state index in [4.69, 9.17) is 5.73 Å². The third-order valence-electron chi connectivity index (χ3n) is 2.55. The van der Waals surface area contributed by atoms with Gasteiger partial charge in [-0.3, -0.25) is 0 Å². The fraction of sp³-hybridized carbons (Fsp3) is 0.273. The van der Waals surface area contributed by atoms with Crippen molar-refractivity contribution in [1.29, 1.82) is 0 Å². The Labute approximate surface area is 95.8 Å². The van der Waals surface area contributed by atoms with Gasteiger partial charge in [0.25, 0.3) is 0 Å². The molecule has 1 heterocycles. The summed E-state index contributed by atoms with van der Waals surface area (Å²) in [5.41, 5.74) is 8.62. The van der Waals surface area contributed by atoms with E-state index in [1.807, 2.05) is 6.92 Å². The third kappa shape index (κ3) is 1.79. The first-order valence-corrected chi connectivity index (χ1v) is 5.59. The Balaban J connectivity index is 2.70. The molecule has 0 fully saturated rings. The minimum absolute atomic E-state index is 0.247. The number of aromatic amines is 1. The van der Waals surface area contributed by atoms with Crippen molar-refractivity contribution in [3.63, 3.8) is 0 Å². The molecule has 0 aliphatic heterocycles. The van der Waals surface area contributed by atoms with E-state index in [1.165, 1.54) is 11.6 Å². The summed E-state index contributed by atoms with van der Waals surface area (Å²) >= 11 is 3.19. The Morgan fingerprint density at radius 1 is 1.47 bits per heavy atom. The van der Waals surface area contributed by atoms with Crippen LogP contribution in [-0.2, 0) is 6.42 Å². The molecule has 0 saturated heterocycles. The van der Waals surface area contributed by atoms with Crippen LogP contribution in [0.5, 0.6) is 0 Å². The predicted molar refractivity (Wildman–Crippen MR) is 63.5 cm³/mol. The summed E-state index contributed by atoms with van der Waals surface area (Å²) in [5, 5.41) is 1.05. The number of benzene rings is 1. The largest absolute Gasteiger partial charge is 0.358 e. The molecule has 0 unspecified atom stereocenters. The molecule has 0 aliphatic carbocycles. The van der Waals surface area contributed by atoms with Gasteiger partial charge < -0.3 is 10.7 Å². The van der Waals surface area contributed by atoms with Crippen LogP contribution >= 0.6 is 15.9 Å². The van der Waals surface area contributed by atoms with Gasteiger partial charge in [-0.1, -0.05) is 0 Å². The molecular formula is C11H12BrFN2. The predicted octanol–water partition coefficient (Wildman–Crippen LogP) is 2.88. The number of aromatic nitrogens is 1. The molecule has 2 rings (SSSR count). The lowest BCUT2D eigenvalue weighted by atomic mass is 10.1. The minimum atomic E-state index is -0.247. The molecule has 1 aromatic heterocycles. The zero-order valence-corrected chi connectivity index (χ0v) is 9.99. The molecule has 0 spiro atoms. The van der Waals surface area contributed by atoms with E-state index in [0.717, 1.165) is 23.0 Å². The second-order valence-electron chi connectivity index (χ2n) is 3.58. The van der Waals surface area contributed by atoms with Crippen molar-refractivity contribution in [1.82, 2.24) is 4.98 Å². The number of hydrogen-bond acceptors (Lipinski definition) is 1. The third-order valence-corrected chi connectivity index (χ3v) is 3.16. The van der Waals surface area contributed by atoms with Crippen molar-refractivity contribution in [2.75, 3.05) is 6.54 Å². The van der Waals surface area contributed by atoms with E-state index >= 15 is 0 Å². The maximum absolute atomic E-state index is 13.3. The fourth-order valence-corrected chi connectivity index (χ4v) is 2.19. The van der Waals surface area contributed by atoms with Crippen LogP contribution < -0.4 is 5.73 Å². The molecule has 0 atom stereocenters. The molecule has 0 saturated carbocycles. The highest BCUT2D eigenvalue weighted by atomic mass is 79.9. The van der Waals surface area contributed by atoms with E-state index in [-0.39, 0.29) is 5.82 Å². The molecule has 15 heavy (non-hydrogen) atoms. The SMILES string of the molecule is Cc1[nH]c2cc(F)c(Br)cc2c1CCN. The van der Waals surface area contributed by atoms with E-state index in [9.17, 15) is 4.39 Å². The fourth-order valence-electron chi connectivity index (χ4n) is 1.85. The number of fused-ring (bicyclic) bond motifs is 1. The Bertz CT molecular complexity index is 505. The molecule has 2 aromatic rings. The van der Waals surface area contributed by atoms with E-state index in [2.05, 4.69) is 20.9 Å². The minimum Gasteiger partial charge on any atom is -0.358 e. The molecule has 3 N–H and O–H groups in total. The van der Waals surface area contributed by atoms with Crippen molar-refractivity contribution in [3.05, 3.63) is 33.7 Å². The van der Waals surface area contributed by atoms with E-state index in [1.54, 1.807) is 6.07 Å². The summed E-state index contributed by atoms with van der Waals surface area (Å²) in [6.07, 6.45) is 0.809. The van der Waals surface area contributed by atoms with Crippen LogP contribution in [0.3, 0.4) is 0 Å². The number of H-pyrrole nitrogens is 1. The Morgan fingerprint density at radius 2 is 2.20 bits per heavy atom. The van der Waals surface area contributed by atoms with Crippen LogP contribution in [0.4, 0.5) is 4.39 Å². The molecular weight excluding hydrogens is 259 g/mol. The van der Waals surface area contributed by atoms with Crippen molar-refractivity contribution >= 4 is 26.8 Å². The van der Waals surface area contributed by atoms with Gasteiger partial charge >= 0.3 is 0 Å². The molecule has 0 radical (unpaired) electrons. The Kier molecular flexibility index (Phi) is 2.80. The van der Waals surface area contributed by atoms with Gasteiger partial charge in [-0.05, 0) is 53.5 Å². The molecule has 2 nitrogen and oxygen atoms in total. The lowest BCUT2D eigenvalue weighted by Gasteiger charge is -1.99.